The van der Waals surface area contributed by atoms with Crippen molar-refractivity contribution in [3.63, 3.8) is 0 Å². The molecule has 29 heavy (non-hydrogen) atoms. The molecule has 0 aliphatic carbocycles. The molecule has 0 unspecified atom stereocenters. The van der Waals surface area contributed by atoms with E-state index in [1.165, 1.54) is 19.4 Å². The first kappa shape index (κ1) is 21.2. The number of anilines is 1. The van der Waals surface area contributed by atoms with Gasteiger partial charge in [-0.15, -0.1) is 0 Å². The molecule has 0 aliphatic heterocycles. The van der Waals surface area contributed by atoms with E-state index in [4.69, 9.17) is 16.3 Å². The van der Waals surface area contributed by atoms with Crippen LogP contribution in [0.4, 0.5) is 5.69 Å². The number of methoxy groups -OCH3 is 1. The molecule has 2 aromatic carbocycles. The van der Waals surface area contributed by atoms with E-state index in [-0.39, 0.29) is 24.6 Å². The predicted molar refractivity (Wildman–Crippen MR) is 112 cm³/mol. The van der Waals surface area contributed by atoms with Gasteiger partial charge in [-0.3, -0.25) is 9.78 Å². The van der Waals surface area contributed by atoms with E-state index in [1.54, 1.807) is 48.7 Å². The van der Waals surface area contributed by atoms with Gasteiger partial charge in [-0.2, -0.15) is 4.31 Å². The molecule has 0 fully saturated rings. The number of nitrogens with zero attached hydrogens (tertiary/aromatic N) is 2. The number of hydrogen-bond donors (Lipinski definition) is 1. The van der Waals surface area contributed by atoms with Crippen molar-refractivity contribution in [2.45, 2.75) is 4.90 Å². The maximum atomic E-state index is 13.3. The number of rotatable bonds is 8. The van der Waals surface area contributed by atoms with Gasteiger partial charge in [0.15, 0.2) is 0 Å². The predicted octanol–water partition coefficient (Wildman–Crippen LogP) is 3.16. The molecule has 7 nitrogen and oxygen atoms in total. The summed E-state index contributed by atoms with van der Waals surface area (Å²) in [4.78, 5) is 16.7. The molecule has 152 valence electrons. The van der Waals surface area contributed by atoms with E-state index in [0.717, 1.165) is 4.31 Å². The summed E-state index contributed by atoms with van der Waals surface area (Å²) in [5, 5.41) is 4.47. The minimum Gasteiger partial charge on any atom is -0.383 e. The van der Waals surface area contributed by atoms with Gasteiger partial charge in [-0.1, -0.05) is 23.7 Å². The molecule has 0 saturated heterocycles. The maximum Gasteiger partial charge on any atom is 0.244 e. The van der Waals surface area contributed by atoms with Crippen LogP contribution in [0, 0.1) is 0 Å². The highest BCUT2D eigenvalue weighted by atomic mass is 35.5. The zero-order chi connectivity index (χ0) is 20.9. The molecule has 0 bridgehead atoms. The number of aromatic nitrogens is 1. The standard InChI is InChI=1S/C20H20ClN3O4S/c1-28-12-11-24(14-20(25)23-17-7-5-16(21)6-8-17)29(26,27)19-4-2-3-15-13-22-10-9-18(15)19/h2-10,13H,11-12,14H2,1H3,(H,23,25). The first-order valence-electron chi connectivity index (χ1n) is 8.79. The Labute approximate surface area is 174 Å². The fourth-order valence-electron chi connectivity index (χ4n) is 2.83. The third kappa shape index (κ3) is 5.10. The first-order valence-corrected chi connectivity index (χ1v) is 10.6. The molecule has 1 heterocycles. The number of pyridine rings is 1. The van der Waals surface area contributed by atoms with Gasteiger partial charge in [0.05, 0.1) is 18.0 Å². The largest absolute Gasteiger partial charge is 0.383 e. The van der Waals surface area contributed by atoms with Gasteiger partial charge in [-0.25, -0.2) is 8.42 Å². The lowest BCUT2D eigenvalue weighted by atomic mass is 10.2. The minimum absolute atomic E-state index is 0.0361. The van der Waals surface area contributed by atoms with Crippen LogP contribution in [-0.4, -0.2) is 50.4 Å². The maximum absolute atomic E-state index is 13.3. The van der Waals surface area contributed by atoms with Crippen LogP contribution < -0.4 is 5.32 Å². The van der Waals surface area contributed by atoms with Crippen molar-refractivity contribution in [2.75, 3.05) is 32.1 Å². The van der Waals surface area contributed by atoms with Crippen molar-refractivity contribution >= 4 is 44.0 Å². The number of carbonyl (C=O) groups is 1. The Bertz CT molecular complexity index is 1100. The fourth-order valence-corrected chi connectivity index (χ4v) is 4.55. The van der Waals surface area contributed by atoms with E-state index < -0.39 is 15.9 Å². The number of carbonyl (C=O) groups excluding carboxylic acids is 1. The molecule has 0 spiro atoms. The molecule has 9 heteroatoms. The Balaban J connectivity index is 1.88. The molecule has 1 aromatic heterocycles. The second-order valence-corrected chi connectivity index (χ2v) is 8.58. The van der Waals surface area contributed by atoms with Crippen molar-refractivity contribution in [3.05, 3.63) is 65.9 Å². The summed E-state index contributed by atoms with van der Waals surface area (Å²) in [6, 6.07) is 13.2. The third-order valence-corrected chi connectivity index (χ3v) is 6.41. The van der Waals surface area contributed by atoms with E-state index >= 15 is 0 Å². The smallest absolute Gasteiger partial charge is 0.244 e. The number of fused-ring (bicyclic) bond motifs is 1. The molecule has 0 saturated carbocycles. The lowest BCUT2D eigenvalue weighted by Gasteiger charge is -2.22. The van der Waals surface area contributed by atoms with Crippen LogP contribution in [0.3, 0.4) is 0 Å². The molecule has 0 radical (unpaired) electrons. The molecule has 0 aliphatic rings. The van der Waals surface area contributed by atoms with Gasteiger partial charge in [0, 0.05) is 47.5 Å². The van der Waals surface area contributed by atoms with Gasteiger partial charge in [0.2, 0.25) is 15.9 Å². The number of halogens is 1. The fraction of sp³-hybridized carbons (Fsp3) is 0.200. The average Bonchev–Trinajstić information content (AvgIpc) is 2.72. The van der Waals surface area contributed by atoms with Crippen LogP contribution in [0.5, 0.6) is 0 Å². The summed E-state index contributed by atoms with van der Waals surface area (Å²) in [7, 11) is -2.48. The molecular formula is C20H20ClN3O4S. The number of ether oxygens (including phenoxy) is 1. The van der Waals surface area contributed by atoms with Crippen LogP contribution in [-0.2, 0) is 19.6 Å². The van der Waals surface area contributed by atoms with Crippen molar-refractivity contribution in [2.24, 2.45) is 0 Å². The van der Waals surface area contributed by atoms with Crippen molar-refractivity contribution < 1.29 is 17.9 Å². The number of hydrogen-bond acceptors (Lipinski definition) is 5. The highest BCUT2D eigenvalue weighted by molar-refractivity contribution is 7.89. The Morgan fingerprint density at radius 3 is 2.66 bits per heavy atom. The molecular weight excluding hydrogens is 414 g/mol. The average molecular weight is 434 g/mol. The zero-order valence-corrected chi connectivity index (χ0v) is 17.3. The third-order valence-electron chi connectivity index (χ3n) is 4.25. The molecule has 1 amide bonds. The molecule has 1 N–H and O–H groups in total. The number of amides is 1. The summed E-state index contributed by atoms with van der Waals surface area (Å²) in [5.41, 5.74) is 0.528. The Hall–Kier alpha value is -2.52. The Morgan fingerprint density at radius 2 is 1.93 bits per heavy atom. The SMILES string of the molecule is COCCN(CC(=O)Nc1ccc(Cl)cc1)S(=O)(=O)c1cccc2cnccc12. The summed E-state index contributed by atoms with van der Waals surface area (Å²) in [6.45, 7) is -0.163. The van der Waals surface area contributed by atoms with Gasteiger partial charge >= 0.3 is 0 Å². The molecule has 3 rings (SSSR count). The van der Waals surface area contributed by atoms with E-state index in [0.29, 0.717) is 21.5 Å². The Morgan fingerprint density at radius 1 is 1.17 bits per heavy atom. The summed E-state index contributed by atoms with van der Waals surface area (Å²) >= 11 is 5.85. The first-order chi connectivity index (χ1) is 13.9. The minimum atomic E-state index is -3.95. The van der Waals surface area contributed by atoms with Crippen molar-refractivity contribution in [1.82, 2.24) is 9.29 Å². The highest BCUT2D eigenvalue weighted by Crippen LogP contribution is 2.25. The second kappa shape index (κ2) is 9.32. The topological polar surface area (TPSA) is 88.6 Å². The van der Waals surface area contributed by atoms with Crippen LogP contribution in [0.25, 0.3) is 10.8 Å². The summed E-state index contributed by atoms with van der Waals surface area (Å²) in [6.07, 6.45) is 3.13. The number of sulfonamides is 1. The molecule has 0 atom stereocenters. The van der Waals surface area contributed by atoms with Crippen LogP contribution in [0.15, 0.2) is 65.8 Å². The number of benzene rings is 2. The van der Waals surface area contributed by atoms with Crippen molar-refractivity contribution in [3.8, 4) is 0 Å². The lowest BCUT2D eigenvalue weighted by Crippen LogP contribution is -2.40. The molecule has 3 aromatic rings. The van der Waals surface area contributed by atoms with Gasteiger partial charge in [-0.05, 0) is 36.4 Å². The van der Waals surface area contributed by atoms with Gasteiger partial charge in [0.1, 0.15) is 0 Å². The summed E-state index contributed by atoms with van der Waals surface area (Å²) in [5.74, 6) is -0.464. The number of nitrogens with one attached hydrogen (secondary N) is 1. The monoisotopic (exact) mass is 433 g/mol. The van der Waals surface area contributed by atoms with Crippen LogP contribution in [0.1, 0.15) is 0 Å². The van der Waals surface area contributed by atoms with E-state index in [1.807, 2.05) is 0 Å². The summed E-state index contributed by atoms with van der Waals surface area (Å²) < 4.78 is 32.8. The van der Waals surface area contributed by atoms with Gasteiger partial charge in [0.25, 0.3) is 0 Å². The van der Waals surface area contributed by atoms with Crippen LogP contribution in [0.2, 0.25) is 5.02 Å². The zero-order valence-electron chi connectivity index (χ0n) is 15.7. The van der Waals surface area contributed by atoms with E-state index in [2.05, 4.69) is 10.3 Å². The quantitative estimate of drug-likeness (QED) is 0.589. The second-order valence-electron chi connectivity index (χ2n) is 6.24. The van der Waals surface area contributed by atoms with Crippen LogP contribution >= 0.6 is 11.6 Å². The van der Waals surface area contributed by atoms with E-state index in [9.17, 15) is 13.2 Å². The van der Waals surface area contributed by atoms with Gasteiger partial charge < -0.3 is 10.1 Å². The highest BCUT2D eigenvalue weighted by Gasteiger charge is 2.28. The lowest BCUT2D eigenvalue weighted by molar-refractivity contribution is -0.116. The Kier molecular flexibility index (Phi) is 6.81. The normalized spacial score (nSPS) is 11.7. The van der Waals surface area contributed by atoms with Crippen molar-refractivity contribution in [1.29, 1.82) is 0 Å².